The first-order chi connectivity index (χ1) is 9.28. The Kier molecular flexibility index (Phi) is 4.29. The summed E-state index contributed by atoms with van der Waals surface area (Å²) in [5, 5.41) is 0.847. The lowest BCUT2D eigenvalue weighted by atomic mass is 9.91. The van der Waals surface area contributed by atoms with Gasteiger partial charge in [0, 0.05) is 38.4 Å². The Labute approximate surface area is 127 Å². The molecule has 1 saturated carbocycles. The van der Waals surface area contributed by atoms with Gasteiger partial charge in [0.25, 0.3) is 0 Å². The number of anilines is 1. The van der Waals surface area contributed by atoms with E-state index in [1.54, 1.807) is 11.8 Å². The minimum atomic E-state index is 0.847. The first-order valence-corrected chi connectivity index (χ1v) is 8.85. The van der Waals surface area contributed by atoms with E-state index in [4.69, 9.17) is 0 Å². The summed E-state index contributed by atoms with van der Waals surface area (Å²) in [5.74, 6) is 1.05. The standard InChI is InChI=1S/C13H19BrN4S/c1-19-13-15-9-11(14)12(16-13)18-7-5-17(6-8-18)10-3-2-4-10/h9-10H,2-8H2,1H3. The minimum Gasteiger partial charge on any atom is -0.353 e. The lowest BCUT2D eigenvalue weighted by Crippen LogP contribution is -2.52. The lowest BCUT2D eigenvalue weighted by molar-refractivity contribution is 0.120. The highest BCUT2D eigenvalue weighted by atomic mass is 79.9. The predicted octanol–water partition coefficient (Wildman–Crippen LogP) is 2.64. The van der Waals surface area contributed by atoms with Gasteiger partial charge in [0.1, 0.15) is 5.82 Å². The average molecular weight is 343 g/mol. The molecule has 104 valence electrons. The first-order valence-electron chi connectivity index (χ1n) is 6.83. The summed E-state index contributed by atoms with van der Waals surface area (Å²) in [4.78, 5) is 13.9. The molecule has 1 aliphatic carbocycles. The van der Waals surface area contributed by atoms with E-state index in [0.29, 0.717) is 0 Å². The molecule has 1 aliphatic heterocycles. The summed E-state index contributed by atoms with van der Waals surface area (Å²) < 4.78 is 1.00. The van der Waals surface area contributed by atoms with Crippen molar-refractivity contribution < 1.29 is 0 Å². The maximum atomic E-state index is 4.63. The van der Waals surface area contributed by atoms with Crippen molar-refractivity contribution in [2.45, 2.75) is 30.5 Å². The van der Waals surface area contributed by atoms with Gasteiger partial charge in [0.2, 0.25) is 0 Å². The van der Waals surface area contributed by atoms with Crippen LogP contribution in [-0.4, -0.2) is 53.3 Å². The minimum absolute atomic E-state index is 0.847. The number of hydrogen-bond acceptors (Lipinski definition) is 5. The van der Waals surface area contributed by atoms with Crippen LogP contribution in [0.3, 0.4) is 0 Å². The second-order valence-corrected chi connectivity index (χ2v) is 6.76. The van der Waals surface area contributed by atoms with Gasteiger partial charge in [-0.05, 0) is 35.0 Å². The molecule has 1 saturated heterocycles. The highest BCUT2D eigenvalue weighted by Gasteiger charge is 2.28. The van der Waals surface area contributed by atoms with Crippen molar-refractivity contribution in [3.8, 4) is 0 Å². The van der Waals surface area contributed by atoms with E-state index in [1.807, 2.05) is 12.5 Å². The van der Waals surface area contributed by atoms with Crippen LogP contribution in [-0.2, 0) is 0 Å². The average Bonchev–Trinajstić information content (AvgIpc) is 2.38. The molecule has 1 aromatic rings. The van der Waals surface area contributed by atoms with Crippen LogP contribution < -0.4 is 4.90 Å². The zero-order valence-corrected chi connectivity index (χ0v) is 13.6. The van der Waals surface area contributed by atoms with Gasteiger partial charge in [-0.3, -0.25) is 4.90 Å². The predicted molar refractivity (Wildman–Crippen MR) is 82.9 cm³/mol. The molecule has 1 aromatic heterocycles. The molecule has 2 fully saturated rings. The normalized spacial score (nSPS) is 21.5. The zero-order valence-electron chi connectivity index (χ0n) is 11.2. The third kappa shape index (κ3) is 2.90. The molecule has 6 heteroatoms. The quantitative estimate of drug-likeness (QED) is 0.622. The van der Waals surface area contributed by atoms with Crippen LogP contribution in [0.25, 0.3) is 0 Å². The van der Waals surface area contributed by atoms with E-state index in [1.165, 1.54) is 19.3 Å². The van der Waals surface area contributed by atoms with Crippen molar-refractivity contribution in [1.29, 1.82) is 0 Å². The molecular weight excluding hydrogens is 324 g/mol. The lowest BCUT2D eigenvalue weighted by Gasteiger charge is -2.43. The van der Waals surface area contributed by atoms with E-state index < -0.39 is 0 Å². The molecule has 2 aliphatic rings. The molecule has 4 nitrogen and oxygen atoms in total. The van der Waals surface area contributed by atoms with Gasteiger partial charge in [-0.2, -0.15) is 0 Å². The Bertz CT molecular complexity index is 444. The smallest absolute Gasteiger partial charge is 0.189 e. The second-order valence-electron chi connectivity index (χ2n) is 5.14. The van der Waals surface area contributed by atoms with Gasteiger partial charge in [0.05, 0.1) is 4.47 Å². The monoisotopic (exact) mass is 342 g/mol. The van der Waals surface area contributed by atoms with E-state index in [-0.39, 0.29) is 0 Å². The molecule has 0 radical (unpaired) electrons. The van der Waals surface area contributed by atoms with Crippen molar-refractivity contribution in [1.82, 2.24) is 14.9 Å². The maximum absolute atomic E-state index is 4.63. The van der Waals surface area contributed by atoms with Crippen LogP contribution in [0, 0.1) is 0 Å². The highest BCUT2D eigenvalue weighted by molar-refractivity contribution is 9.10. The van der Waals surface area contributed by atoms with Gasteiger partial charge < -0.3 is 4.90 Å². The molecule has 0 amide bonds. The van der Waals surface area contributed by atoms with Crippen LogP contribution in [0.2, 0.25) is 0 Å². The van der Waals surface area contributed by atoms with E-state index >= 15 is 0 Å². The number of thioether (sulfide) groups is 1. The fraction of sp³-hybridized carbons (Fsp3) is 0.692. The SMILES string of the molecule is CSc1ncc(Br)c(N2CCN(C3CCC3)CC2)n1. The van der Waals surface area contributed by atoms with Gasteiger partial charge >= 0.3 is 0 Å². The van der Waals surface area contributed by atoms with Crippen molar-refractivity contribution in [2.75, 3.05) is 37.3 Å². The Balaban J connectivity index is 1.67. The zero-order chi connectivity index (χ0) is 13.2. The summed E-state index contributed by atoms with van der Waals surface area (Å²) in [6.45, 7) is 4.46. The molecule has 0 N–H and O–H groups in total. The van der Waals surface area contributed by atoms with Crippen LogP contribution in [0.1, 0.15) is 19.3 Å². The number of hydrogen-bond donors (Lipinski definition) is 0. The highest BCUT2D eigenvalue weighted by Crippen LogP contribution is 2.29. The van der Waals surface area contributed by atoms with Crippen LogP contribution in [0.15, 0.2) is 15.8 Å². The largest absolute Gasteiger partial charge is 0.353 e. The Hall–Kier alpha value is -0.330. The molecule has 0 bridgehead atoms. The van der Waals surface area contributed by atoms with Crippen LogP contribution in [0.4, 0.5) is 5.82 Å². The van der Waals surface area contributed by atoms with E-state index in [0.717, 1.165) is 47.7 Å². The third-order valence-corrected chi connectivity index (χ3v) is 5.21. The topological polar surface area (TPSA) is 32.3 Å². The van der Waals surface area contributed by atoms with Crippen molar-refractivity contribution >= 4 is 33.5 Å². The molecule has 0 spiro atoms. The van der Waals surface area contributed by atoms with E-state index in [2.05, 4.69) is 35.7 Å². The molecule has 3 rings (SSSR count). The molecule has 0 atom stereocenters. The maximum Gasteiger partial charge on any atom is 0.189 e. The van der Waals surface area contributed by atoms with Crippen LogP contribution in [0.5, 0.6) is 0 Å². The Morgan fingerprint density at radius 3 is 2.58 bits per heavy atom. The Morgan fingerprint density at radius 2 is 2.00 bits per heavy atom. The van der Waals surface area contributed by atoms with Gasteiger partial charge in [-0.25, -0.2) is 9.97 Å². The molecular formula is C13H19BrN4S. The molecule has 0 aromatic carbocycles. The number of piperazine rings is 1. The molecule has 2 heterocycles. The molecule has 19 heavy (non-hydrogen) atoms. The van der Waals surface area contributed by atoms with Gasteiger partial charge in [0.15, 0.2) is 5.16 Å². The summed E-state index contributed by atoms with van der Waals surface area (Å²) in [7, 11) is 0. The summed E-state index contributed by atoms with van der Waals surface area (Å²) in [6, 6.07) is 0.859. The first kappa shape index (κ1) is 13.6. The fourth-order valence-corrected chi connectivity index (χ4v) is 3.49. The number of nitrogens with zero attached hydrogens (tertiary/aromatic N) is 4. The van der Waals surface area contributed by atoms with Crippen molar-refractivity contribution in [3.05, 3.63) is 10.7 Å². The number of rotatable bonds is 3. The number of halogens is 1. The van der Waals surface area contributed by atoms with Gasteiger partial charge in [-0.15, -0.1) is 0 Å². The fourth-order valence-electron chi connectivity index (χ4n) is 2.71. The summed E-state index contributed by atoms with van der Waals surface area (Å²) in [6.07, 6.45) is 8.09. The third-order valence-electron chi connectivity index (χ3n) is 4.09. The van der Waals surface area contributed by atoms with Crippen molar-refractivity contribution in [3.63, 3.8) is 0 Å². The summed E-state index contributed by atoms with van der Waals surface area (Å²) >= 11 is 5.17. The van der Waals surface area contributed by atoms with Gasteiger partial charge in [-0.1, -0.05) is 18.2 Å². The number of aromatic nitrogens is 2. The molecule has 0 unspecified atom stereocenters. The summed E-state index contributed by atoms with van der Waals surface area (Å²) in [5.41, 5.74) is 0. The van der Waals surface area contributed by atoms with Crippen molar-refractivity contribution in [2.24, 2.45) is 0 Å². The second kappa shape index (κ2) is 5.97. The van der Waals surface area contributed by atoms with Crippen LogP contribution >= 0.6 is 27.7 Å². The Morgan fingerprint density at radius 1 is 1.26 bits per heavy atom. The van der Waals surface area contributed by atoms with E-state index in [9.17, 15) is 0 Å².